The van der Waals surface area contributed by atoms with Crippen LogP contribution in [0.2, 0.25) is 0 Å². The van der Waals surface area contributed by atoms with Crippen LogP contribution in [0.3, 0.4) is 0 Å². The lowest BCUT2D eigenvalue weighted by Crippen LogP contribution is -2.45. The maximum atomic E-state index is 12.4. The molecule has 0 amide bonds. The SMILES string of the molecule is CCCNC1CCN(c2nccn(C3CC3)c2=O)CC1. The molecular formula is C15H24N4O. The van der Waals surface area contributed by atoms with Gasteiger partial charge in [-0.15, -0.1) is 0 Å². The summed E-state index contributed by atoms with van der Waals surface area (Å²) in [6.45, 7) is 5.13. The molecule has 1 N–H and O–H groups in total. The van der Waals surface area contributed by atoms with Crippen molar-refractivity contribution in [2.45, 2.75) is 51.1 Å². The Bertz CT molecular complexity index is 501. The Morgan fingerprint density at radius 1 is 1.30 bits per heavy atom. The van der Waals surface area contributed by atoms with Crippen LogP contribution < -0.4 is 15.8 Å². The fourth-order valence-corrected chi connectivity index (χ4v) is 2.92. The van der Waals surface area contributed by atoms with Crippen LogP contribution in [0.1, 0.15) is 45.1 Å². The molecule has 1 saturated carbocycles. The third-order valence-corrected chi connectivity index (χ3v) is 4.27. The van der Waals surface area contributed by atoms with E-state index in [1.165, 1.54) is 6.42 Å². The van der Waals surface area contributed by atoms with Crippen molar-refractivity contribution in [3.05, 3.63) is 22.7 Å². The van der Waals surface area contributed by atoms with Crippen molar-refractivity contribution in [1.82, 2.24) is 14.9 Å². The number of nitrogens with zero attached hydrogens (tertiary/aromatic N) is 3. The lowest BCUT2D eigenvalue weighted by atomic mass is 10.1. The Hall–Kier alpha value is -1.36. The number of hydrogen-bond acceptors (Lipinski definition) is 4. The van der Waals surface area contributed by atoms with Crippen molar-refractivity contribution in [3.63, 3.8) is 0 Å². The van der Waals surface area contributed by atoms with Crippen LogP contribution in [0.25, 0.3) is 0 Å². The first kappa shape index (κ1) is 13.6. The monoisotopic (exact) mass is 276 g/mol. The third kappa shape index (κ3) is 2.87. The molecule has 1 aliphatic heterocycles. The lowest BCUT2D eigenvalue weighted by molar-refractivity contribution is 0.413. The van der Waals surface area contributed by atoms with Crippen LogP contribution in [0.15, 0.2) is 17.2 Å². The van der Waals surface area contributed by atoms with E-state index in [0.717, 1.165) is 45.3 Å². The zero-order valence-corrected chi connectivity index (χ0v) is 12.2. The third-order valence-electron chi connectivity index (χ3n) is 4.27. The average Bonchev–Trinajstić information content (AvgIpc) is 3.31. The van der Waals surface area contributed by atoms with Gasteiger partial charge in [-0.3, -0.25) is 4.79 Å². The Labute approximate surface area is 120 Å². The minimum Gasteiger partial charge on any atom is -0.352 e. The van der Waals surface area contributed by atoms with E-state index < -0.39 is 0 Å². The zero-order valence-electron chi connectivity index (χ0n) is 12.2. The second kappa shape index (κ2) is 5.95. The first-order valence-corrected chi connectivity index (χ1v) is 7.85. The summed E-state index contributed by atoms with van der Waals surface area (Å²) in [6.07, 6.45) is 9.24. The summed E-state index contributed by atoms with van der Waals surface area (Å²) in [5, 5.41) is 3.57. The molecule has 0 spiro atoms. The summed E-state index contributed by atoms with van der Waals surface area (Å²) in [5.41, 5.74) is 0.0926. The fraction of sp³-hybridized carbons (Fsp3) is 0.733. The molecule has 1 aromatic rings. The van der Waals surface area contributed by atoms with Gasteiger partial charge in [-0.2, -0.15) is 0 Å². The Morgan fingerprint density at radius 2 is 2.05 bits per heavy atom. The van der Waals surface area contributed by atoms with E-state index in [0.29, 0.717) is 17.9 Å². The lowest BCUT2D eigenvalue weighted by Gasteiger charge is -2.32. The van der Waals surface area contributed by atoms with Crippen molar-refractivity contribution in [2.24, 2.45) is 0 Å². The number of nitrogens with one attached hydrogen (secondary N) is 1. The highest BCUT2D eigenvalue weighted by atomic mass is 16.1. The van der Waals surface area contributed by atoms with Crippen molar-refractivity contribution >= 4 is 5.82 Å². The predicted molar refractivity (Wildman–Crippen MR) is 80.3 cm³/mol. The molecule has 1 saturated heterocycles. The normalized spacial score (nSPS) is 20.4. The van der Waals surface area contributed by atoms with Gasteiger partial charge in [0.2, 0.25) is 0 Å². The molecule has 110 valence electrons. The average molecular weight is 276 g/mol. The van der Waals surface area contributed by atoms with Crippen LogP contribution in [0.4, 0.5) is 5.82 Å². The second-order valence-corrected chi connectivity index (χ2v) is 5.91. The number of hydrogen-bond donors (Lipinski definition) is 1. The number of rotatable bonds is 5. The minimum atomic E-state index is 0.0926. The smallest absolute Gasteiger partial charge is 0.293 e. The maximum Gasteiger partial charge on any atom is 0.293 e. The summed E-state index contributed by atoms with van der Waals surface area (Å²) in [4.78, 5) is 18.9. The fourth-order valence-electron chi connectivity index (χ4n) is 2.92. The summed E-state index contributed by atoms with van der Waals surface area (Å²) in [5.74, 6) is 0.647. The second-order valence-electron chi connectivity index (χ2n) is 5.91. The van der Waals surface area contributed by atoms with Gasteiger partial charge in [0.1, 0.15) is 0 Å². The van der Waals surface area contributed by atoms with Gasteiger partial charge in [-0.25, -0.2) is 4.98 Å². The molecule has 0 unspecified atom stereocenters. The molecular weight excluding hydrogens is 252 g/mol. The summed E-state index contributed by atoms with van der Waals surface area (Å²) >= 11 is 0. The number of piperidine rings is 1. The van der Waals surface area contributed by atoms with Crippen LogP contribution in [-0.2, 0) is 0 Å². The zero-order chi connectivity index (χ0) is 13.9. The van der Waals surface area contributed by atoms with Gasteiger partial charge in [-0.05, 0) is 38.6 Å². The molecule has 2 aliphatic rings. The largest absolute Gasteiger partial charge is 0.352 e. The van der Waals surface area contributed by atoms with Gasteiger partial charge < -0.3 is 14.8 Å². The predicted octanol–water partition coefficient (Wildman–Crippen LogP) is 1.55. The van der Waals surface area contributed by atoms with E-state index in [-0.39, 0.29) is 5.56 Å². The van der Waals surface area contributed by atoms with E-state index >= 15 is 0 Å². The molecule has 2 heterocycles. The summed E-state index contributed by atoms with van der Waals surface area (Å²) in [6, 6.07) is 1.02. The highest BCUT2D eigenvalue weighted by molar-refractivity contribution is 5.36. The summed E-state index contributed by atoms with van der Waals surface area (Å²) in [7, 11) is 0. The van der Waals surface area contributed by atoms with Crippen LogP contribution in [0, 0.1) is 0 Å². The number of aromatic nitrogens is 2. The molecule has 0 aromatic carbocycles. The minimum absolute atomic E-state index is 0.0926. The molecule has 5 heteroatoms. The van der Waals surface area contributed by atoms with E-state index in [1.54, 1.807) is 6.20 Å². The Balaban J connectivity index is 1.66. The molecule has 20 heavy (non-hydrogen) atoms. The van der Waals surface area contributed by atoms with E-state index in [2.05, 4.69) is 22.1 Å². The first-order chi connectivity index (χ1) is 9.79. The van der Waals surface area contributed by atoms with Crippen LogP contribution in [-0.4, -0.2) is 35.2 Å². The highest BCUT2D eigenvalue weighted by Crippen LogP contribution is 2.33. The first-order valence-electron chi connectivity index (χ1n) is 7.85. The van der Waals surface area contributed by atoms with Gasteiger partial charge in [-0.1, -0.05) is 6.92 Å². The quantitative estimate of drug-likeness (QED) is 0.886. The Morgan fingerprint density at radius 3 is 2.70 bits per heavy atom. The molecule has 5 nitrogen and oxygen atoms in total. The van der Waals surface area contributed by atoms with E-state index in [9.17, 15) is 4.79 Å². The molecule has 1 aromatic heterocycles. The molecule has 0 bridgehead atoms. The van der Waals surface area contributed by atoms with Gasteiger partial charge in [0, 0.05) is 37.6 Å². The highest BCUT2D eigenvalue weighted by Gasteiger charge is 2.27. The maximum absolute atomic E-state index is 12.4. The van der Waals surface area contributed by atoms with Gasteiger partial charge in [0.25, 0.3) is 5.56 Å². The molecule has 2 fully saturated rings. The van der Waals surface area contributed by atoms with Crippen molar-refractivity contribution in [3.8, 4) is 0 Å². The standard InChI is InChI=1S/C15H24N4O/c1-2-7-16-12-5-9-18(10-6-12)14-15(20)19(11-8-17-14)13-3-4-13/h8,11-13,16H,2-7,9-10H2,1H3. The Kier molecular flexibility index (Phi) is 4.05. The van der Waals surface area contributed by atoms with E-state index in [4.69, 9.17) is 0 Å². The van der Waals surface area contributed by atoms with Gasteiger partial charge in [0.05, 0.1) is 0 Å². The molecule has 0 atom stereocenters. The number of anilines is 1. The molecule has 0 radical (unpaired) electrons. The molecule has 1 aliphatic carbocycles. The van der Waals surface area contributed by atoms with Crippen molar-refractivity contribution in [1.29, 1.82) is 0 Å². The van der Waals surface area contributed by atoms with Crippen LogP contribution in [0.5, 0.6) is 0 Å². The van der Waals surface area contributed by atoms with Crippen molar-refractivity contribution in [2.75, 3.05) is 24.5 Å². The topological polar surface area (TPSA) is 50.2 Å². The van der Waals surface area contributed by atoms with Gasteiger partial charge in [0.15, 0.2) is 5.82 Å². The van der Waals surface area contributed by atoms with Gasteiger partial charge >= 0.3 is 0 Å². The summed E-state index contributed by atoms with van der Waals surface area (Å²) < 4.78 is 1.86. The van der Waals surface area contributed by atoms with Crippen molar-refractivity contribution < 1.29 is 0 Å². The van der Waals surface area contributed by atoms with E-state index in [1.807, 2.05) is 10.8 Å². The van der Waals surface area contributed by atoms with Crippen LogP contribution >= 0.6 is 0 Å². The molecule has 3 rings (SSSR count).